The third-order valence-corrected chi connectivity index (χ3v) is 2.18. The Morgan fingerprint density at radius 1 is 1.37 bits per heavy atom. The number of nitrogens with two attached hydrogens (primary N) is 1. The van der Waals surface area contributed by atoms with E-state index in [-0.39, 0.29) is 11.3 Å². The van der Waals surface area contributed by atoms with Crippen LogP contribution in [0, 0.1) is 0 Å². The van der Waals surface area contributed by atoms with Gasteiger partial charge in [-0.3, -0.25) is 10.2 Å². The normalized spacial score (nSPS) is 11.4. The molecule has 1 rings (SSSR count). The second kappa shape index (κ2) is 7.18. The lowest BCUT2D eigenvalue weighted by Crippen LogP contribution is -2.30. The summed E-state index contributed by atoms with van der Waals surface area (Å²) >= 11 is 0. The molecule has 0 atom stereocenters. The van der Waals surface area contributed by atoms with E-state index >= 15 is 0 Å². The summed E-state index contributed by atoms with van der Waals surface area (Å²) in [5.74, 6) is 4.63. The van der Waals surface area contributed by atoms with E-state index < -0.39 is 5.91 Å². The smallest absolute Gasteiger partial charge is 0.283 e. The molecule has 0 aromatic carbocycles. The van der Waals surface area contributed by atoms with Gasteiger partial charge in [-0.25, -0.2) is 10.8 Å². The Hall–Kier alpha value is -1.50. The number of amides is 1. The Labute approximate surface area is 113 Å². The van der Waals surface area contributed by atoms with Crippen LogP contribution >= 0.6 is 0 Å². The summed E-state index contributed by atoms with van der Waals surface area (Å²) in [6.07, 6.45) is 0. The van der Waals surface area contributed by atoms with Gasteiger partial charge in [-0.15, -0.1) is 0 Å². The summed E-state index contributed by atoms with van der Waals surface area (Å²) in [6.45, 7) is 7.30. The van der Waals surface area contributed by atoms with Crippen molar-refractivity contribution in [3.8, 4) is 0 Å². The molecule has 3 N–H and O–H groups in total. The fourth-order valence-corrected chi connectivity index (χ4v) is 1.34. The lowest BCUT2D eigenvalue weighted by Gasteiger charge is -2.19. The fourth-order valence-electron chi connectivity index (χ4n) is 1.34. The van der Waals surface area contributed by atoms with Crippen molar-refractivity contribution in [2.24, 2.45) is 5.84 Å². The second-order valence-electron chi connectivity index (χ2n) is 5.00. The van der Waals surface area contributed by atoms with E-state index in [1.165, 1.54) is 0 Å². The average molecular weight is 267 g/mol. The Bertz CT molecular complexity index is 416. The number of carbonyl (C=O) groups excluding carboxylic acids is 1. The summed E-state index contributed by atoms with van der Waals surface area (Å²) in [7, 11) is 0. The van der Waals surface area contributed by atoms with Crippen molar-refractivity contribution in [2.75, 3.05) is 13.2 Å². The molecule has 0 saturated heterocycles. The number of hydrogen-bond acceptors (Lipinski definition) is 5. The molecular formula is C13H21N3O3. The molecule has 1 aromatic heterocycles. The van der Waals surface area contributed by atoms with E-state index in [1.54, 1.807) is 18.2 Å². The Morgan fingerprint density at radius 3 is 2.74 bits per heavy atom. The molecule has 1 heterocycles. The van der Waals surface area contributed by atoms with Crippen LogP contribution in [-0.4, -0.2) is 29.7 Å². The minimum atomic E-state index is -0.419. The van der Waals surface area contributed by atoms with Gasteiger partial charge in [0.25, 0.3) is 5.91 Å². The molecule has 6 heteroatoms. The molecule has 1 aromatic rings. The highest BCUT2D eigenvalue weighted by Gasteiger charge is 2.09. The maximum absolute atomic E-state index is 11.3. The topological polar surface area (TPSA) is 86.5 Å². The van der Waals surface area contributed by atoms with Gasteiger partial charge in [-0.1, -0.05) is 6.07 Å². The second-order valence-corrected chi connectivity index (χ2v) is 5.00. The van der Waals surface area contributed by atoms with E-state index in [4.69, 9.17) is 15.3 Å². The molecule has 0 unspecified atom stereocenters. The quantitative estimate of drug-likeness (QED) is 0.348. The van der Waals surface area contributed by atoms with Crippen molar-refractivity contribution in [3.63, 3.8) is 0 Å². The number of pyridine rings is 1. The molecule has 6 nitrogen and oxygen atoms in total. The molecule has 0 aliphatic carbocycles. The number of rotatable bonds is 6. The largest absolute Gasteiger partial charge is 0.373 e. The zero-order valence-electron chi connectivity index (χ0n) is 11.6. The minimum Gasteiger partial charge on any atom is -0.373 e. The van der Waals surface area contributed by atoms with Gasteiger partial charge >= 0.3 is 0 Å². The van der Waals surface area contributed by atoms with Crippen LogP contribution in [-0.2, 0) is 16.1 Å². The van der Waals surface area contributed by atoms with Crippen LogP contribution in [0.2, 0.25) is 0 Å². The summed E-state index contributed by atoms with van der Waals surface area (Å²) < 4.78 is 11.0. The van der Waals surface area contributed by atoms with E-state index in [0.29, 0.717) is 25.5 Å². The van der Waals surface area contributed by atoms with E-state index in [9.17, 15) is 4.79 Å². The van der Waals surface area contributed by atoms with Gasteiger partial charge in [0, 0.05) is 0 Å². The molecule has 0 spiro atoms. The molecular weight excluding hydrogens is 246 g/mol. The molecule has 0 fully saturated rings. The van der Waals surface area contributed by atoms with Crippen molar-refractivity contribution < 1.29 is 14.3 Å². The fraction of sp³-hybridized carbons (Fsp3) is 0.538. The first-order valence-electron chi connectivity index (χ1n) is 6.11. The first kappa shape index (κ1) is 15.6. The molecule has 0 aliphatic heterocycles. The van der Waals surface area contributed by atoms with Crippen LogP contribution in [0.3, 0.4) is 0 Å². The van der Waals surface area contributed by atoms with Gasteiger partial charge in [0.1, 0.15) is 5.69 Å². The Morgan fingerprint density at radius 2 is 2.11 bits per heavy atom. The van der Waals surface area contributed by atoms with Crippen LogP contribution in [0.25, 0.3) is 0 Å². The predicted molar refractivity (Wildman–Crippen MR) is 71.3 cm³/mol. The predicted octanol–water partition coefficient (Wildman–Crippen LogP) is 1.02. The summed E-state index contributed by atoms with van der Waals surface area (Å²) in [5, 5.41) is 0. The van der Waals surface area contributed by atoms with Gasteiger partial charge < -0.3 is 9.47 Å². The van der Waals surface area contributed by atoms with E-state index in [2.05, 4.69) is 4.98 Å². The van der Waals surface area contributed by atoms with Crippen molar-refractivity contribution >= 4 is 5.91 Å². The van der Waals surface area contributed by atoms with Crippen molar-refractivity contribution in [2.45, 2.75) is 33.0 Å². The first-order chi connectivity index (χ1) is 8.92. The van der Waals surface area contributed by atoms with E-state index in [1.807, 2.05) is 26.2 Å². The van der Waals surface area contributed by atoms with Gasteiger partial charge in [0.15, 0.2) is 0 Å². The van der Waals surface area contributed by atoms with Crippen molar-refractivity contribution in [3.05, 3.63) is 29.6 Å². The Balaban J connectivity index is 2.35. The van der Waals surface area contributed by atoms with Crippen LogP contribution < -0.4 is 11.3 Å². The Kier molecular flexibility index (Phi) is 5.88. The van der Waals surface area contributed by atoms with Gasteiger partial charge in [-0.2, -0.15) is 0 Å². The highest BCUT2D eigenvalue weighted by Crippen LogP contribution is 2.06. The van der Waals surface area contributed by atoms with Crippen LogP contribution in [0.5, 0.6) is 0 Å². The van der Waals surface area contributed by atoms with Gasteiger partial charge in [0.2, 0.25) is 0 Å². The highest BCUT2D eigenvalue weighted by molar-refractivity contribution is 5.91. The monoisotopic (exact) mass is 267 g/mol. The molecule has 0 radical (unpaired) electrons. The third-order valence-electron chi connectivity index (χ3n) is 2.18. The number of carbonyl (C=O) groups is 1. The first-order valence-corrected chi connectivity index (χ1v) is 6.11. The van der Waals surface area contributed by atoms with Crippen LogP contribution in [0.4, 0.5) is 0 Å². The standard InChI is InChI=1S/C13H21N3O3/c1-13(2,3)19-8-7-18-9-10-5-4-6-11(15-10)12(17)16-14/h4-6H,7-9,14H2,1-3H3,(H,16,17). The number of ether oxygens (including phenoxy) is 2. The maximum Gasteiger partial charge on any atom is 0.283 e. The highest BCUT2D eigenvalue weighted by atomic mass is 16.5. The summed E-state index contributed by atoms with van der Waals surface area (Å²) in [6, 6.07) is 5.12. The zero-order chi connectivity index (χ0) is 14.3. The van der Waals surface area contributed by atoms with E-state index in [0.717, 1.165) is 0 Å². The summed E-state index contributed by atoms with van der Waals surface area (Å²) in [4.78, 5) is 15.4. The minimum absolute atomic E-state index is 0.166. The molecule has 1 amide bonds. The van der Waals surface area contributed by atoms with Crippen molar-refractivity contribution in [1.82, 2.24) is 10.4 Å². The lowest BCUT2D eigenvalue weighted by molar-refractivity contribution is -0.0380. The zero-order valence-corrected chi connectivity index (χ0v) is 11.6. The summed E-state index contributed by atoms with van der Waals surface area (Å²) in [5.41, 5.74) is 2.82. The molecule has 0 saturated carbocycles. The molecule has 19 heavy (non-hydrogen) atoms. The number of aromatic nitrogens is 1. The number of hydrazine groups is 1. The number of hydrogen-bond donors (Lipinski definition) is 2. The molecule has 0 bridgehead atoms. The average Bonchev–Trinajstić information content (AvgIpc) is 2.36. The van der Waals surface area contributed by atoms with Gasteiger partial charge in [0.05, 0.1) is 31.1 Å². The number of nitrogens with zero attached hydrogens (tertiary/aromatic N) is 1. The molecule has 0 aliphatic rings. The third kappa shape index (κ3) is 6.28. The number of nitrogens with one attached hydrogen (secondary N) is 1. The van der Waals surface area contributed by atoms with Crippen LogP contribution in [0.15, 0.2) is 18.2 Å². The van der Waals surface area contributed by atoms with Crippen LogP contribution in [0.1, 0.15) is 37.0 Å². The lowest BCUT2D eigenvalue weighted by atomic mass is 10.2. The van der Waals surface area contributed by atoms with Gasteiger partial charge in [-0.05, 0) is 32.9 Å². The number of nitrogen functional groups attached to an aromatic ring is 1. The van der Waals surface area contributed by atoms with Crippen molar-refractivity contribution in [1.29, 1.82) is 0 Å². The molecule has 106 valence electrons. The SMILES string of the molecule is CC(C)(C)OCCOCc1cccc(C(=O)NN)n1. The maximum atomic E-state index is 11.3.